The van der Waals surface area contributed by atoms with Crippen LogP contribution in [-0.2, 0) is 0 Å². The second kappa shape index (κ2) is 6.21. The van der Waals surface area contributed by atoms with Gasteiger partial charge in [0.05, 0.1) is 16.9 Å². The molecular formula is C16H13N5O3. The highest BCUT2D eigenvalue weighted by Crippen LogP contribution is 2.27. The number of aromatic nitrogens is 2. The summed E-state index contributed by atoms with van der Waals surface area (Å²) in [6.45, 7) is 0. The maximum absolute atomic E-state index is 11.9. The van der Waals surface area contributed by atoms with Crippen molar-refractivity contribution >= 4 is 23.0 Å². The van der Waals surface area contributed by atoms with Crippen LogP contribution in [0, 0.1) is 0 Å². The Morgan fingerprint density at radius 2 is 1.83 bits per heavy atom. The standard InChI is InChI=1S/C16H13N5O3/c17-11-5-1-3-9(7-11)13-14(15(22)21-19-13)20-18-12-6-2-4-10(8-12)16(23)24/h1-8H,17H2,(H,23,24)(H2,19,21,22). The number of carboxylic acid groups (broad SMARTS) is 1. The number of anilines is 1. The number of aromatic amines is 2. The number of rotatable bonds is 4. The van der Waals surface area contributed by atoms with Crippen LogP contribution in [0.3, 0.4) is 0 Å². The molecule has 0 spiro atoms. The van der Waals surface area contributed by atoms with Crippen molar-refractivity contribution in [2.45, 2.75) is 0 Å². The van der Waals surface area contributed by atoms with E-state index < -0.39 is 11.5 Å². The zero-order valence-corrected chi connectivity index (χ0v) is 12.4. The summed E-state index contributed by atoms with van der Waals surface area (Å²) in [7, 11) is 0. The van der Waals surface area contributed by atoms with Crippen molar-refractivity contribution in [1.29, 1.82) is 0 Å². The van der Waals surface area contributed by atoms with Gasteiger partial charge in [0.25, 0.3) is 5.56 Å². The lowest BCUT2D eigenvalue weighted by molar-refractivity contribution is 0.0697. The minimum Gasteiger partial charge on any atom is -0.478 e. The van der Waals surface area contributed by atoms with E-state index in [2.05, 4.69) is 20.4 Å². The van der Waals surface area contributed by atoms with Crippen LogP contribution >= 0.6 is 0 Å². The lowest BCUT2D eigenvalue weighted by Gasteiger charge is -2.00. The normalized spacial score (nSPS) is 11.0. The number of azo groups is 1. The number of aromatic carboxylic acids is 1. The Hall–Kier alpha value is -3.68. The molecule has 0 aliphatic heterocycles. The average Bonchev–Trinajstić information content (AvgIpc) is 2.94. The summed E-state index contributed by atoms with van der Waals surface area (Å²) in [6, 6.07) is 12.9. The van der Waals surface area contributed by atoms with Gasteiger partial charge in [-0.25, -0.2) is 4.79 Å². The number of nitrogens with two attached hydrogens (primary N) is 1. The Morgan fingerprint density at radius 1 is 1.04 bits per heavy atom. The van der Waals surface area contributed by atoms with E-state index in [1.165, 1.54) is 12.1 Å². The number of H-pyrrole nitrogens is 2. The Kier molecular flexibility index (Phi) is 3.94. The molecule has 0 radical (unpaired) electrons. The maximum atomic E-state index is 11.9. The highest BCUT2D eigenvalue weighted by Gasteiger charge is 2.12. The topological polar surface area (TPSA) is 137 Å². The van der Waals surface area contributed by atoms with E-state index in [0.29, 0.717) is 22.6 Å². The summed E-state index contributed by atoms with van der Waals surface area (Å²) in [5, 5.41) is 22.1. The van der Waals surface area contributed by atoms with Crippen molar-refractivity contribution in [2.24, 2.45) is 10.2 Å². The fourth-order valence-corrected chi connectivity index (χ4v) is 2.16. The molecule has 2 aromatic carbocycles. The molecule has 5 N–H and O–H groups in total. The number of nitrogen functional groups attached to an aromatic ring is 1. The second-order valence-electron chi connectivity index (χ2n) is 4.98. The Bertz CT molecular complexity index is 987. The molecule has 0 aliphatic rings. The van der Waals surface area contributed by atoms with Crippen molar-refractivity contribution in [3.63, 3.8) is 0 Å². The Labute approximate surface area is 135 Å². The van der Waals surface area contributed by atoms with Crippen LogP contribution in [0.25, 0.3) is 11.3 Å². The second-order valence-corrected chi connectivity index (χ2v) is 4.98. The van der Waals surface area contributed by atoms with E-state index in [0.717, 1.165) is 0 Å². The summed E-state index contributed by atoms with van der Waals surface area (Å²) in [6.07, 6.45) is 0. The summed E-state index contributed by atoms with van der Waals surface area (Å²) < 4.78 is 0. The minimum atomic E-state index is -1.06. The van der Waals surface area contributed by atoms with E-state index in [1.807, 2.05) is 0 Å². The Balaban J connectivity index is 1.99. The largest absolute Gasteiger partial charge is 0.478 e. The van der Waals surface area contributed by atoms with Crippen LogP contribution < -0.4 is 11.3 Å². The van der Waals surface area contributed by atoms with Gasteiger partial charge in [-0.15, -0.1) is 5.11 Å². The highest BCUT2D eigenvalue weighted by atomic mass is 16.4. The quantitative estimate of drug-likeness (QED) is 0.433. The van der Waals surface area contributed by atoms with E-state index in [1.54, 1.807) is 36.4 Å². The van der Waals surface area contributed by atoms with Crippen LogP contribution in [-0.4, -0.2) is 21.3 Å². The van der Waals surface area contributed by atoms with Crippen molar-refractivity contribution < 1.29 is 9.90 Å². The van der Waals surface area contributed by atoms with E-state index in [4.69, 9.17) is 10.8 Å². The van der Waals surface area contributed by atoms with Crippen molar-refractivity contribution in [1.82, 2.24) is 10.2 Å². The molecule has 0 saturated carbocycles. The Morgan fingerprint density at radius 3 is 2.58 bits per heavy atom. The molecule has 1 aromatic heterocycles. The van der Waals surface area contributed by atoms with Crippen LogP contribution in [0.15, 0.2) is 63.6 Å². The van der Waals surface area contributed by atoms with Gasteiger partial charge in [-0.3, -0.25) is 15.0 Å². The molecule has 0 saturated heterocycles. The lowest BCUT2D eigenvalue weighted by Crippen LogP contribution is -1.96. The smallest absolute Gasteiger partial charge is 0.335 e. The third kappa shape index (κ3) is 3.07. The molecule has 0 fully saturated rings. The molecule has 24 heavy (non-hydrogen) atoms. The van der Waals surface area contributed by atoms with Gasteiger partial charge in [0.1, 0.15) is 0 Å². The van der Waals surface area contributed by atoms with Gasteiger partial charge in [0.2, 0.25) is 0 Å². The lowest BCUT2D eigenvalue weighted by atomic mass is 10.1. The number of hydrogen-bond donors (Lipinski definition) is 4. The molecule has 1 heterocycles. The zero-order chi connectivity index (χ0) is 17.1. The van der Waals surface area contributed by atoms with Crippen LogP contribution in [0.1, 0.15) is 10.4 Å². The monoisotopic (exact) mass is 323 g/mol. The van der Waals surface area contributed by atoms with E-state index in [9.17, 15) is 9.59 Å². The SMILES string of the molecule is Nc1cccc(-c2[nH][nH]c(=O)c2N=Nc2cccc(C(=O)O)c2)c1. The molecule has 0 aliphatic carbocycles. The van der Waals surface area contributed by atoms with Gasteiger partial charge in [0.15, 0.2) is 5.69 Å². The zero-order valence-electron chi connectivity index (χ0n) is 12.4. The van der Waals surface area contributed by atoms with Gasteiger partial charge in [-0.1, -0.05) is 18.2 Å². The summed E-state index contributed by atoms with van der Waals surface area (Å²) in [4.78, 5) is 22.9. The third-order valence-corrected chi connectivity index (χ3v) is 3.29. The number of nitrogens with one attached hydrogen (secondary N) is 2. The van der Waals surface area contributed by atoms with Crippen LogP contribution in [0.2, 0.25) is 0 Å². The fourth-order valence-electron chi connectivity index (χ4n) is 2.16. The predicted molar refractivity (Wildman–Crippen MR) is 88.8 cm³/mol. The van der Waals surface area contributed by atoms with E-state index in [-0.39, 0.29) is 11.3 Å². The molecule has 120 valence electrons. The van der Waals surface area contributed by atoms with E-state index >= 15 is 0 Å². The predicted octanol–water partition coefficient (Wildman–Crippen LogP) is 3.07. The van der Waals surface area contributed by atoms with Crippen molar-refractivity contribution in [2.75, 3.05) is 5.73 Å². The number of benzene rings is 2. The number of carboxylic acids is 1. The van der Waals surface area contributed by atoms with Crippen molar-refractivity contribution in [3.05, 3.63) is 64.4 Å². The minimum absolute atomic E-state index is 0.0846. The molecule has 8 heteroatoms. The first-order valence-electron chi connectivity index (χ1n) is 6.96. The fraction of sp³-hybridized carbons (Fsp3) is 0. The molecular weight excluding hydrogens is 310 g/mol. The summed E-state index contributed by atoms with van der Waals surface area (Å²) in [5.74, 6) is -1.06. The molecule has 3 rings (SSSR count). The summed E-state index contributed by atoms with van der Waals surface area (Å²) in [5.41, 5.74) is 7.49. The van der Waals surface area contributed by atoms with Gasteiger partial charge in [-0.05, 0) is 30.3 Å². The highest BCUT2D eigenvalue weighted by molar-refractivity contribution is 5.88. The van der Waals surface area contributed by atoms with Gasteiger partial charge in [0, 0.05) is 11.3 Å². The molecule has 0 atom stereocenters. The van der Waals surface area contributed by atoms with Crippen LogP contribution in [0.5, 0.6) is 0 Å². The van der Waals surface area contributed by atoms with Crippen LogP contribution in [0.4, 0.5) is 17.1 Å². The first kappa shape index (κ1) is 15.2. The van der Waals surface area contributed by atoms with Gasteiger partial charge >= 0.3 is 5.97 Å². The maximum Gasteiger partial charge on any atom is 0.335 e. The average molecular weight is 323 g/mol. The molecule has 3 aromatic rings. The molecule has 0 unspecified atom stereocenters. The number of nitrogens with zero attached hydrogens (tertiary/aromatic N) is 2. The third-order valence-electron chi connectivity index (χ3n) is 3.29. The molecule has 0 bridgehead atoms. The number of hydrogen-bond acceptors (Lipinski definition) is 5. The van der Waals surface area contributed by atoms with Gasteiger partial charge < -0.3 is 10.8 Å². The molecule has 0 amide bonds. The number of carbonyl (C=O) groups is 1. The first-order valence-corrected chi connectivity index (χ1v) is 6.96. The van der Waals surface area contributed by atoms with Gasteiger partial charge in [-0.2, -0.15) is 5.11 Å². The first-order chi connectivity index (χ1) is 11.5. The molecule has 8 nitrogen and oxygen atoms in total. The summed E-state index contributed by atoms with van der Waals surface area (Å²) >= 11 is 0. The van der Waals surface area contributed by atoms with Crippen molar-refractivity contribution in [3.8, 4) is 11.3 Å².